The molecule has 4 nitrogen and oxygen atoms in total. The third-order valence-electron chi connectivity index (χ3n) is 4.21. The van der Waals surface area contributed by atoms with Crippen molar-refractivity contribution in [1.29, 1.82) is 0 Å². The van der Waals surface area contributed by atoms with Crippen LogP contribution in [-0.4, -0.2) is 42.0 Å². The van der Waals surface area contributed by atoms with Gasteiger partial charge in [-0.15, -0.1) is 11.3 Å². The highest BCUT2D eigenvalue weighted by molar-refractivity contribution is 7.15. The van der Waals surface area contributed by atoms with Crippen molar-refractivity contribution in [3.05, 3.63) is 10.6 Å². The minimum absolute atomic E-state index is 0.200. The summed E-state index contributed by atoms with van der Waals surface area (Å²) >= 11 is 1.76. The van der Waals surface area contributed by atoms with Crippen LogP contribution in [0.4, 0.5) is 5.13 Å². The Bertz CT molecular complexity index is 440. The molecule has 2 heterocycles. The van der Waals surface area contributed by atoms with Gasteiger partial charge in [0.15, 0.2) is 5.13 Å². The molecule has 1 aliphatic heterocycles. The van der Waals surface area contributed by atoms with Gasteiger partial charge in [0, 0.05) is 37.0 Å². The maximum absolute atomic E-state index is 12.4. The third kappa shape index (κ3) is 3.14. The van der Waals surface area contributed by atoms with Gasteiger partial charge >= 0.3 is 0 Å². The minimum Gasteiger partial charge on any atom is -0.345 e. The lowest BCUT2D eigenvalue weighted by atomic mass is 10.0. The van der Waals surface area contributed by atoms with E-state index in [1.54, 1.807) is 11.3 Å². The van der Waals surface area contributed by atoms with Crippen molar-refractivity contribution < 1.29 is 4.79 Å². The van der Waals surface area contributed by atoms with Gasteiger partial charge in [0.05, 0.1) is 5.69 Å². The lowest BCUT2D eigenvalue weighted by molar-refractivity contribution is -0.136. The van der Waals surface area contributed by atoms with E-state index in [-0.39, 0.29) is 5.92 Å². The molecule has 1 amide bonds. The van der Waals surface area contributed by atoms with E-state index < -0.39 is 0 Å². The van der Waals surface area contributed by atoms with E-state index in [0.717, 1.165) is 49.8 Å². The lowest BCUT2D eigenvalue weighted by Gasteiger charge is -2.36. The maximum atomic E-state index is 12.4. The fraction of sp³-hybridized carbons (Fsp3) is 0.733. The lowest BCUT2D eigenvalue weighted by Crippen LogP contribution is -2.50. The Labute approximate surface area is 125 Å². The summed E-state index contributed by atoms with van der Waals surface area (Å²) in [5.41, 5.74) is 1.13. The van der Waals surface area contributed by atoms with Crippen LogP contribution in [0.25, 0.3) is 0 Å². The zero-order chi connectivity index (χ0) is 14.7. The van der Waals surface area contributed by atoms with Gasteiger partial charge in [-0.3, -0.25) is 4.79 Å². The topological polar surface area (TPSA) is 36.4 Å². The normalized spacial score (nSPS) is 16.1. The summed E-state index contributed by atoms with van der Waals surface area (Å²) in [7, 11) is 0. The Morgan fingerprint density at radius 2 is 1.80 bits per heavy atom. The minimum atomic E-state index is 0.200. The Morgan fingerprint density at radius 3 is 2.25 bits per heavy atom. The van der Waals surface area contributed by atoms with Gasteiger partial charge in [-0.1, -0.05) is 13.8 Å². The highest BCUT2D eigenvalue weighted by atomic mass is 32.1. The third-order valence-corrected chi connectivity index (χ3v) is 5.35. The van der Waals surface area contributed by atoms with Crippen molar-refractivity contribution in [2.45, 2.75) is 40.5 Å². The smallest absolute Gasteiger partial charge is 0.225 e. The molecule has 0 aliphatic carbocycles. The van der Waals surface area contributed by atoms with Crippen LogP contribution in [0.2, 0.25) is 0 Å². The average molecular weight is 295 g/mol. The molecular formula is C15H25N3OS. The number of carbonyl (C=O) groups excluding carboxylic acids is 1. The Morgan fingerprint density at radius 1 is 1.20 bits per heavy atom. The van der Waals surface area contributed by atoms with Gasteiger partial charge in [-0.2, -0.15) is 0 Å². The molecule has 0 unspecified atom stereocenters. The monoisotopic (exact) mass is 295 g/mol. The quantitative estimate of drug-likeness (QED) is 0.857. The Kier molecular flexibility index (Phi) is 5.02. The van der Waals surface area contributed by atoms with Gasteiger partial charge in [0.25, 0.3) is 0 Å². The molecule has 0 bridgehead atoms. The summed E-state index contributed by atoms with van der Waals surface area (Å²) in [6, 6.07) is 0. The van der Waals surface area contributed by atoms with E-state index in [0.29, 0.717) is 5.91 Å². The molecule has 0 radical (unpaired) electrons. The molecule has 0 aromatic carbocycles. The molecule has 0 spiro atoms. The summed E-state index contributed by atoms with van der Waals surface area (Å²) in [4.78, 5) is 22.6. The van der Waals surface area contributed by atoms with Gasteiger partial charge in [0.2, 0.25) is 5.91 Å². The second-order valence-corrected chi connectivity index (χ2v) is 6.65. The van der Waals surface area contributed by atoms with Crippen molar-refractivity contribution in [1.82, 2.24) is 9.88 Å². The van der Waals surface area contributed by atoms with E-state index >= 15 is 0 Å². The molecular weight excluding hydrogens is 270 g/mol. The first-order valence-corrected chi connectivity index (χ1v) is 8.36. The summed E-state index contributed by atoms with van der Waals surface area (Å²) in [6.07, 6.45) is 1.89. The molecule has 20 heavy (non-hydrogen) atoms. The van der Waals surface area contributed by atoms with Gasteiger partial charge < -0.3 is 9.80 Å². The Hall–Kier alpha value is -1.10. The van der Waals surface area contributed by atoms with E-state index in [4.69, 9.17) is 0 Å². The van der Waals surface area contributed by atoms with E-state index in [1.807, 2.05) is 4.90 Å². The number of thiazole rings is 1. The summed E-state index contributed by atoms with van der Waals surface area (Å²) in [5, 5.41) is 1.11. The second kappa shape index (κ2) is 6.57. The van der Waals surface area contributed by atoms with Crippen LogP contribution < -0.4 is 4.90 Å². The zero-order valence-corrected chi connectivity index (χ0v) is 13.8. The van der Waals surface area contributed by atoms with Crippen molar-refractivity contribution >= 4 is 22.4 Å². The number of amides is 1. The van der Waals surface area contributed by atoms with Crippen LogP contribution in [0.15, 0.2) is 0 Å². The second-order valence-electron chi connectivity index (χ2n) is 5.46. The SMILES string of the molecule is CCC(CC)C(=O)N1CCN(c2nc(C)c(C)s2)CC1. The molecule has 2 rings (SSSR count). The molecule has 0 N–H and O–H groups in total. The number of hydrogen-bond donors (Lipinski definition) is 0. The van der Waals surface area contributed by atoms with Gasteiger partial charge in [0.1, 0.15) is 0 Å². The largest absolute Gasteiger partial charge is 0.345 e. The zero-order valence-electron chi connectivity index (χ0n) is 13.0. The first-order chi connectivity index (χ1) is 9.56. The molecule has 112 valence electrons. The molecule has 1 aliphatic rings. The molecule has 1 aromatic rings. The predicted octanol–water partition coefficient (Wildman–Crippen LogP) is 2.84. The molecule has 0 atom stereocenters. The van der Waals surface area contributed by atoms with Crippen LogP contribution in [0, 0.1) is 19.8 Å². The number of aryl methyl sites for hydroxylation is 2. The Balaban J connectivity index is 1.93. The number of piperazine rings is 1. The number of aromatic nitrogens is 1. The standard InChI is InChI=1S/C15H25N3OS/c1-5-13(6-2)14(19)17-7-9-18(10-8-17)15-16-11(3)12(4)20-15/h13H,5-10H2,1-4H3. The molecule has 0 saturated carbocycles. The van der Waals surface area contributed by atoms with Crippen molar-refractivity contribution in [2.24, 2.45) is 5.92 Å². The highest BCUT2D eigenvalue weighted by Gasteiger charge is 2.26. The maximum Gasteiger partial charge on any atom is 0.225 e. The first-order valence-electron chi connectivity index (χ1n) is 7.54. The van der Waals surface area contributed by atoms with Gasteiger partial charge in [-0.05, 0) is 26.7 Å². The van der Waals surface area contributed by atoms with Crippen LogP contribution in [0.3, 0.4) is 0 Å². The number of anilines is 1. The first kappa shape index (κ1) is 15.3. The molecule has 5 heteroatoms. The van der Waals surface area contributed by atoms with Crippen molar-refractivity contribution in [2.75, 3.05) is 31.1 Å². The van der Waals surface area contributed by atoms with Crippen molar-refractivity contribution in [3.63, 3.8) is 0 Å². The number of hydrogen-bond acceptors (Lipinski definition) is 4. The van der Waals surface area contributed by atoms with Gasteiger partial charge in [-0.25, -0.2) is 4.98 Å². The van der Waals surface area contributed by atoms with E-state index in [1.165, 1.54) is 4.88 Å². The number of rotatable bonds is 4. The van der Waals surface area contributed by atoms with Crippen LogP contribution in [0.1, 0.15) is 37.3 Å². The van der Waals surface area contributed by atoms with Crippen LogP contribution in [0.5, 0.6) is 0 Å². The van der Waals surface area contributed by atoms with E-state index in [9.17, 15) is 4.79 Å². The van der Waals surface area contributed by atoms with Crippen LogP contribution in [-0.2, 0) is 4.79 Å². The van der Waals surface area contributed by atoms with E-state index in [2.05, 4.69) is 37.6 Å². The summed E-state index contributed by atoms with van der Waals surface area (Å²) in [5.74, 6) is 0.534. The van der Waals surface area contributed by atoms with Crippen LogP contribution >= 0.6 is 11.3 Å². The average Bonchev–Trinajstić information content (AvgIpc) is 2.80. The van der Waals surface area contributed by atoms with Crippen molar-refractivity contribution in [3.8, 4) is 0 Å². The molecule has 1 aromatic heterocycles. The molecule has 1 fully saturated rings. The highest BCUT2D eigenvalue weighted by Crippen LogP contribution is 2.26. The molecule has 1 saturated heterocycles. The fourth-order valence-corrected chi connectivity index (χ4v) is 3.57. The predicted molar refractivity (Wildman–Crippen MR) is 84.5 cm³/mol. The number of carbonyl (C=O) groups is 1. The number of nitrogens with zero attached hydrogens (tertiary/aromatic N) is 3. The fourth-order valence-electron chi connectivity index (χ4n) is 2.61. The summed E-state index contributed by atoms with van der Waals surface area (Å²) < 4.78 is 0. The summed E-state index contributed by atoms with van der Waals surface area (Å²) in [6.45, 7) is 11.8.